The summed E-state index contributed by atoms with van der Waals surface area (Å²) in [6.45, 7) is 8.79. The molecule has 0 bridgehead atoms. The number of ether oxygens (including phenoxy) is 1. The summed E-state index contributed by atoms with van der Waals surface area (Å²) in [6.07, 6.45) is 4.09. The molecule has 1 N–H and O–H groups in total. The second-order valence-electron chi connectivity index (χ2n) is 6.13. The van der Waals surface area contributed by atoms with E-state index >= 15 is 0 Å². The average molecular weight is 288 g/mol. The lowest BCUT2D eigenvalue weighted by molar-refractivity contribution is 0.294. The van der Waals surface area contributed by atoms with Gasteiger partial charge < -0.3 is 10.1 Å². The first-order chi connectivity index (χ1) is 10.1. The Morgan fingerprint density at radius 1 is 1.29 bits per heavy atom. The van der Waals surface area contributed by atoms with Crippen LogP contribution in [0.2, 0.25) is 0 Å². The Kier molecular flexibility index (Phi) is 7.85. The SMILES string of the molecule is CCCNCc1cccc(OCCCCC(C)(C)C#N)c1. The van der Waals surface area contributed by atoms with Crippen molar-refractivity contribution in [3.8, 4) is 11.8 Å². The lowest BCUT2D eigenvalue weighted by Crippen LogP contribution is -2.13. The van der Waals surface area contributed by atoms with Crippen LogP contribution in [-0.2, 0) is 6.54 Å². The quantitative estimate of drug-likeness (QED) is 0.653. The van der Waals surface area contributed by atoms with Gasteiger partial charge in [-0.05, 0) is 63.8 Å². The van der Waals surface area contributed by atoms with Crippen molar-refractivity contribution in [1.29, 1.82) is 5.26 Å². The fourth-order valence-corrected chi connectivity index (χ4v) is 2.07. The normalized spacial score (nSPS) is 11.1. The lowest BCUT2D eigenvalue weighted by atomic mass is 9.89. The number of hydrogen-bond acceptors (Lipinski definition) is 3. The molecule has 0 heterocycles. The lowest BCUT2D eigenvalue weighted by Gasteiger charge is -2.14. The molecule has 0 unspecified atom stereocenters. The molecule has 21 heavy (non-hydrogen) atoms. The molecular formula is C18H28N2O. The molecule has 0 radical (unpaired) electrons. The Morgan fingerprint density at radius 3 is 2.81 bits per heavy atom. The fraction of sp³-hybridized carbons (Fsp3) is 0.611. The number of nitrogens with zero attached hydrogens (tertiary/aromatic N) is 1. The molecule has 0 atom stereocenters. The summed E-state index contributed by atoms with van der Waals surface area (Å²) in [4.78, 5) is 0. The van der Waals surface area contributed by atoms with Gasteiger partial charge in [0.25, 0.3) is 0 Å². The molecule has 0 aromatic heterocycles. The van der Waals surface area contributed by atoms with E-state index in [0.717, 1.165) is 44.5 Å². The zero-order valence-corrected chi connectivity index (χ0v) is 13.6. The monoisotopic (exact) mass is 288 g/mol. The van der Waals surface area contributed by atoms with Crippen molar-refractivity contribution in [3.63, 3.8) is 0 Å². The van der Waals surface area contributed by atoms with E-state index in [9.17, 15) is 0 Å². The van der Waals surface area contributed by atoms with E-state index in [-0.39, 0.29) is 5.41 Å². The smallest absolute Gasteiger partial charge is 0.119 e. The number of rotatable bonds is 10. The molecule has 3 heteroatoms. The molecule has 0 aliphatic rings. The number of nitriles is 1. The highest BCUT2D eigenvalue weighted by molar-refractivity contribution is 5.28. The van der Waals surface area contributed by atoms with Gasteiger partial charge in [0.15, 0.2) is 0 Å². The fourth-order valence-electron chi connectivity index (χ4n) is 2.07. The van der Waals surface area contributed by atoms with Gasteiger partial charge in [0.1, 0.15) is 5.75 Å². The van der Waals surface area contributed by atoms with Crippen molar-refractivity contribution >= 4 is 0 Å². The third kappa shape index (κ3) is 7.72. The molecule has 0 spiro atoms. The molecule has 116 valence electrons. The molecular weight excluding hydrogens is 260 g/mol. The van der Waals surface area contributed by atoms with Crippen LogP contribution >= 0.6 is 0 Å². The van der Waals surface area contributed by atoms with Gasteiger partial charge in [-0.2, -0.15) is 5.26 Å². The predicted molar refractivity (Wildman–Crippen MR) is 87.2 cm³/mol. The van der Waals surface area contributed by atoms with Crippen LogP contribution in [0.3, 0.4) is 0 Å². The van der Waals surface area contributed by atoms with Crippen molar-refractivity contribution in [1.82, 2.24) is 5.32 Å². The first-order valence-corrected chi connectivity index (χ1v) is 7.91. The maximum absolute atomic E-state index is 8.96. The van der Waals surface area contributed by atoms with Crippen LogP contribution < -0.4 is 10.1 Å². The van der Waals surface area contributed by atoms with Crippen molar-refractivity contribution in [2.45, 2.75) is 53.0 Å². The Balaban J connectivity index is 2.26. The highest BCUT2D eigenvalue weighted by atomic mass is 16.5. The first-order valence-electron chi connectivity index (χ1n) is 7.91. The maximum atomic E-state index is 8.96. The topological polar surface area (TPSA) is 45.0 Å². The molecule has 1 rings (SSSR count). The summed E-state index contributed by atoms with van der Waals surface area (Å²) >= 11 is 0. The largest absolute Gasteiger partial charge is 0.494 e. The number of nitrogens with one attached hydrogen (secondary N) is 1. The van der Waals surface area contributed by atoms with E-state index in [4.69, 9.17) is 10.00 Å². The van der Waals surface area contributed by atoms with Gasteiger partial charge in [-0.15, -0.1) is 0 Å². The molecule has 1 aromatic rings. The first kappa shape index (κ1) is 17.5. The predicted octanol–water partition coefficient (Wildman–Crippen LogP) is 4.29. The van der Waals surface area contributed by atoms with Gasteiger partial charge in [-0.25, -0.2) is 0 Å². The van der Waals surface area contributed by atoms with Crippen molar-refractivity contribution < 1.29 is 4.74 Å². The van der Waals surface area contributed by atoms with E-state index in [0.29, 0.717) is 6.61 Å². The Labute approximate surface area is 129 Å². The van der Waals surface area contributed by atoms with Gasteiger partial charge in [0.2, 0.25) is 0 Å². The van der Waals surface area contributed by atoms with Crippen LogP contribution in [0.15, 0.2) is 24.3 Å². The van der Waals surface area contributed by atoms with Gasteiger partial charge >= 0.3 is 0 Å². The minimum Gasteiger partial charge on any atom is -0.494 e. The van der Waals surface area contributed by atoms with Crippen LogP contribution in [0.4, 0.5) is 0 Å². The minimum atomic E-state index is -0.217. The highest BCUT2D eigenvalue weighted by Crippen LogP contribution is 2.22. The number of unbranched alkanes of at least 4 members (excludes halogenated alkanes) is 1. The zero-order chi connectivity index (χ0) is 15.6. The summed E-state index contributed by atoms with van der Waals surface area (Å²) in [6, 6.07) is 10.6. The highest BCUT2D eigenvalue weighted by Gasteiger charge is 2.15. The van der Waals surface area contributed by atoms with Crippen LogP contribution in [0.25, 0.3) is 0 Å². The van der Waals surface area contributed by atoms with E-state index in [1.807, 2.05) is 26.0 Å². The van der Waals surface area contributed by atoms with Crippen LogP contribution in [0, 0.1) is 16.7 Å². The van der Waals surface area contributed by atoms with Gasteiger partial charge in [0.05, 0.1) is 18.1 Å². The van der Waals surface area contributed by atoms with Crippen LogP contribution in [0.1, 0.15) is 52.0 Å². The van der Waals surface area contributed by atoms with Crippen molar-refractivity contribution in [3.05, 3.63) is 29.8 Å². The third-order valence-corrected chi connectivity index (χ3v) is 3.42. The summed E-state index contributed by atoms with van der Waals surface area (Å²) in [5, 5.41) is 12.4. The second kappa shape index (κ2) is 9.41. The van der Waals surface area contributed by atoms with Crippen LogP contribution in [-0.4, -0.2) is 13.2 Å². The number of hydrogen-bond donors (Lipinski definition) is 1. The van der Waals surface area contributed by atoms with Crippen molar-refractivity contribution in [2.75, 3.05) is 13.2 Å². The summed E-state index contributed by atoms with van der Waals surface area (Å²) < 4.78 is 5.79. The summed E-state index contributed by atoms with van der Waals surface area (Å²) in [7, 11) is 0. The van der Waals surface area contributed by atoms with Gasteiger partial charge in [-0.1, -0.05) is 19.1 Å². The Hall–Kier alpha value is -1.53. The third-order valence-electron chi connectivity index (χ3n) is 3.42. The van der Waals surface area contributed by atoms with E-state index in [1.54, 1.807) is 0 Å². The molecule has 0 amide bonds. The second-order valence-corrected chi connectivity index (χ2v) is 6.13. The van der Waals surface area contributed by atoms with Crippen LogP contribution in [0.5, 0.6) is 5.75 Å². The van der Waals surface area contributed by atoms with Crippen molar-refractivity contribution in [2.24, 2.45) is 5.41 Å². The Morgan fingerprint density at radius 2 is 2.10 bits per heavy atom. The minimum absolute atomic E-state index is 0.217. The molecule has 0 aliphatic heterocycles. The van der Waals surface area contributed by atoms with E-state index in [2.05, 4.69) is 30.4 Å². The summed E-state index contributed by atoms with van der Waals surface area (Å²) in [5.74, 6) is 0.936. The molecule has 0 saturated heterocycles. The maximum Gasteiger partial charge on any atom is 0.119 e. The Bertz CT molecular complexity index is 449. The summed E-state index contributed by atoms with van der Waals surface area (Å²) in [5.41, 5.74) is 1.04. The van der Waals surface area contributed by atoms with E-state index < -0.39 is 0 Å². The van der Waals surface area contributed by atoms with Gasteiger partial charge in [-0.3, -0.25) is 0 Å². The molecule has 0 saturated carbocycles. The van der Waals surface area contributed by atoms with Gasteiger partial charge in [0, 0.05) is 6.54 Å². The molecule has 1 aromatic carbocycles. The molecule has 0 aliphatic carbocycles. The zero-order valence-electron chi connectivity index (χ0n) is 13.6. The average Bonchev–Trinajstić information content (AvgIpc) is 2.48. The standard InChI is InChI=1S/C18H28N2O/c1-4-11-20-14-16-8-7-9-17(13-16)21-12-6-5-10-18(2,3)15-19/h7-9,13,20H,4-6,10-12,14H2,1-3H3. The molecule has 0 fully saturated rings. The number of benzene rings is 1. The van der Waals surface area contributed by atoms with E-state index in [1.165, 1.54) is 5.56 Å². The molecule has 3 nitrogen and oxygen atoms in total.